The Morgan fingerprint density at radius 3 is 1.78 bits per heavy atom. The minimum absolute atomic E-state index is 0.0137. The van der Waals surface area contributed by atoms with Crippen molar-refractivity contribution in [3.63, 3.8) is 0 Å². The summed E-state index contributed by atoms with van der Waals surface area (Å²) in [6.07, 6.45) is 4.34. The first-order chi connectivity index (χ1) is 8.26. The molecule has 1 unspecified atom stereocenters. The lowest BCUT2D eigenvalue weighted by atomic mass is 9.78. The predicted molar refractivity (Wildman–Crippen MR) is 77.8 cm³/mol. The second kappa shape index (κ2) is 7.28. The lowest BCUT2D eigenvalue weighted by Crippen LogP contribution is -2.35. The van der Waals surface area contributed by atoms with Crippen molar-refractivity contribution in [2.75, 3.05) is 0 Å². The zero-order valence-corrected chi connectivity index (χ0v) is 13.4. The van der Waals surface area contributed by atoms with Crippen molar-refractivity contribution in [1.29, 1.82) is 0 Å². The van der Waals surface area contributed by atoms with Crippen molar-refractivity contribution in [2.45, 2.75) is 92.3 Å². The molecule has 0 aromatic heterocycles. The average Bonchev–Trinajstić information content (AvgIpc) is 2.37. The number of carbonyl (C=O) groups is 1. The molecule has 0 heterocycles. The van der Waals surface area contributed by atoms with E-state index in [-0.39, 0.29) is 17.1 Å². The maximum Gasteiger partial charge on any atom is 0.141 e. The molecule has 0 fully saturated rings. The summed E-state index contributed by atoms with van der Waals surface area (Å²) >= 11 is 0. The van der Waals surface area contributed by atoms with Gasteiger partial charge in [-0.05, 0) is 39.5 Å². The van der Waals surface area contributed by atoms with Crippen molar-refractivity contribution >= 4 is 5.78 Å². The summed E-state index contributed by atoms with van der Waals surface area (Å²) < 4.78 is 6.07. The van der Waals surface area contributed by atoms with Crippen LogP contribution in [0.5, 0.6) is 0 Å². The lowest BCUT2D eigenvalue weighted by Gasteiger charge is -2.33. The van der Waals surface area contributed by atoms with E-state index >= 15 is 0 Å². The van der Waals surface area contributed by atoms with Gasteiger partial charge < -0.3 is 4.74 Å². The van der Waals surface area contributed by atoms with Crippen LogP contribution in [0.1, 0.15) is 80.6 Å². The average molecular weight is 256 g/mol. The van der Waals surface area contributed by atoms with Gasteiger partial charge in [-0.2, -0.15) is 0 Å². The van der Waals surface area contributed by atoms with Gasteiger partial charge in [-0.3, -0.25) is 4.79 Å². The van der Waals surface area contributed by atoms with E-state index in [1.807, 2.05) is 6.92 Å². The topological polar surface area (TPSA) is 26.3 Å². The van der Waals surface area contributed by atoms with Crippen molar-refractivity contribution in [3.05, 3.63) is 0 Å². The molecule has 0 rings (SSSR count). The number of rotatable bonds is 9. The zero-order valence-electron chi connectivity index (χ0n) is 13.4. The monoisotopic (exact) mass is 256 g/mol. The maximum absolute atomic E-state index is 12.3. The zero-order chi connectivity index (χ0) is 14.4. The smallest absolute Gasteiger partial charge is 0.141 e. The van der Waals surface area contributed by atoms with Crippen molar-refractivity contribution in [3.8, 4) is 0 Å². The number of hydrogen-bond donors (Lipinski definition) is 0. The van der Waals surface area contributed by atoms with Crippen LogP contribution < -0.4 is 0 Å². The number of Topliss-reactive ketones (excluding diaryl/α,β-unsaturated/α-hetero) is 1. The molecule has 18 heavy (non-hydrogen) atoms. The minimum Gasteiger partial charge on any atom is -0.372 e. The highest BCUT2D eigenvalue weighted by molar-refractivity contribution is 5.84. The van der Waals surface area contributed by atoms with Gasteiger partial charge in [0.1, 0.15) is 5.78 Å². The molecule has 0 N–H and O–H groups in total. The van der Waals surface area contributed by atoms with Crippen LogP contribution in [0.15, 0.2) is 0 Å². The van der Waals surface area contributed by atoms with E-state index < -0.39 is 0 Å². The fourth-order valence-electron chi connectivity index (χ4n) is 2.10. The molecule has 0 aliphatic heterocycles. The van der Waals surface area contributed by atoms with E-state index in [4.69, 9.17) is 4.74 Å². The second-order valence-electron chi connectivity index (χ2n) is 5.98. The Hall–Kier alpha value is -0.370. The van der Waals surface area contributed by atoms with E-state index in [9.17, 15) is 4.79 Å². The molecule has 0 aliphatic carbocycles. The van der Waals surface area contributed by atoms with Crippen LogP contribution in [0.2, 0.25) is 0 Å². The van der Waals surface area contributed by atoms with Gasteiger partial charge in [0.05, 0.1) is 11.7 Å². The van der Waals surface area contributed by atoms with Crippen LogP contribution in [0, 0.1) is 5.41 Å². The molecule has 0 aliphatic rings. The number of carbonyl (C=O) groups excluding carboxylic acids is 1. The number of ketones is 1. The maximum atomic E-state index is 12.3. The van der Waals surface area contributed by atoms with Gasteiger partial charge in [0.15, 0.2) is 0 Å². The Balaban J connectivity index is 4.49. The highest BCUT2D eigenvalue weighted by Crippen LogP contribution is 2.30. The summed E-state index contributed by atoms with van der Waals surface area (Å²) in [5.41, 5.74) is -0.263. The van der Waals surface area contributed by atoms with Gasteiger partial charge in [0.2, 0.25) is 0 Å². The minimum atomic E-state index is -0.174. The molecule has 108 valence electrons. The standard InChI is InChI=1S/C16H32O2/c1-8-15(6,9-2)14(17)12-13(5)18-16(7,10-3)11-4/h13H,8-12H2,1-7H3. The first-order valence-corrected chi connectivity index (χ1v) is 7.48. The Labute approximate surface area is 113 Å². The van der Waals surface area contributed by atoms with Crippen LogP contribution in [0.25, 0.3) is 0 Å². The van der Waals surface area contributed by atoms with Gasteiger partial charge in [0.25, 0.3) is 0 Å². The molecule has 0 radical (unpaired) electrons. The third-order valence-corrected chi connectivity index (χ3v) is 4.69. The molecule has 0 bridgehead atoms. The van der Waals surface area contributed by atoms with Crippen LogP contribution in [0.3, 0.4) is 0 Å². The third-order valence-electron chi connectivity index (χ3n) is 4.69. The van der Waals surface area contributed by atoms with Gasteiger partial charge in [-0.15, -0.1) is 0 Å². The van der Waals surface area contributed by atoms with E-state index in [2.05, 4.69) is 41.5 Å². The summed E-state index contributed by atoms with van der Waals surface area (Å²) in [6.45, 7) is 14.7. The summed E-state index contributed by atoms with van der Waals surface area (Å²) in [7, 11) is 0. The molecule has 0 aromatic rings. The van der Waals surface area contributed by atoms with Crippen molar-refractivity contribution < 1.29 is 9.53 Å². The highest BCUT2D eigenvalue weighted by Gasteiger charge is 2.31. The fourth-order valence-corrected chi connectivity index (χ4v) is 2.10. The van der Waals surface area contributed by atoms with E-state index in [0.29, 0.717) is 12.2 Å². The van der Waals surface area contributed by atoms with Crippen LogP contribution in [0.4, 0.5) is 0 Å². The summed E-state index contributed by atoms with van der Waals surface area (Å²) in [6, 6.07) is 0. The molecule has 2 heteroatoms. The van der Waals surface area contributed by atoms with Gasteiger partial charge in [-0.1, -0.05) is 34.6 Å². The van der Waals surface area contributed by atoms with E-state index in [1.165, 1.54) is 0 Å². The van der Waals surface area contributed by atoms with Gasteiger partial charge in [-0.25, -0.2) is 0 Å². The molecular weight excluding hydrogens is 224 g/mol. The molecule has 0 amide bonds. The Morgan fingerprint density at radius 1 is 1.00 bits per heavy atom. The molecule has 0 spiro atoms. The number of hydrogen-bond acceptors (Lipinski definition) is 2. The second-order valence-corrected chi connectivity index (χ2v) is 5.98. The van der Waals surface area contributed by atoms with Crippen LogP contribution in [-0.2, 0) is 9.53 Å². The van der Waals surface area contributed by atoms with Gasteiger partial charge in [0, 0.05) is 11.8 Å². The largest absolute Gasteiger partial charge is 0.372 e. The van der Waals surface area contributed by atoms with E-state index in [0.717, 1.165) is 25.7 Å². The molecule has 2 nitrogen and oxygen atoms in total. The van der Waals surface area contributed by atoms with Crippen LogP contribution in [-0.4, -0.2) is 17.5 Å². The Kier molecular flexibility index (Phi) is 7.13. The highest BCUT2D eigenvalue weighted by atomic mass is 16.5. The molecule has 0 saturated carbocycles. The summed E-state index contributed by atoms with van der Waals surface area (Å²) in [5.74, 6) is 0.342. The van der Waals surface area contributed by atoms with Crippen molar-refractivity contribution in [1.82, 2.24) is 0 Å². The first-order valence-electron chi connectivity index (χ1n) is 7.48. The molecule has 0 aromatic carbocycles. The molecule has 1 atom stereocenters. The fraction of sp³-hybridized carbons (Fsp3) is 0.938. The molecule has 0 saturated heterocycles. The molecular formula is C16H32O2. The van der Waals surface area contributed by atoms with Crippen LogP contribution >= 0.6 is 0 Å². The third kappa shape index (κ3) is 4.72. The van der Waals surface area contributed by atoms with Crippen molar-refractivity contribution in [2.24, 2.45) is 5.41 Å². The SMILES string of the molecule is CCC(C)(CC)OC(C)CC(=O)C(C)(CC)CC. The number of ether oxygens (including phenoxy) is 1. The lowest BCUT2D eigenvalue weighted by molar-refractivity contribution is -0.136. The van der Waals surface area contributed by atoms with Gasteiger partial charge >= 0.3 is 0 Å². The predicted octanol–water partition coefficient (Wildman–Crippen LogP) is 4.76. The summed E-state index contributed by atoms with van der Waals surface area (Å²) in [4.78, 5) is 12.3. The Bertz CT molecular complexity index is 250. The summed E-state index contributed by atoms with van der Waals surface area (Å²) in [5, 5.41) is 0. The Morgan fingerprint density at radius 2 is 1.44 bits per heavy atom. The quantitative estimate of drug-likeness (QED) is 0.594. The van der Waals surface area contributed by atoms with E-state index in [1.54, 1.807) is 0 Å². The normalized spacial score (nSPS) is 14.6. The first kappa shape index (κ1) is 17.6.